The zero-order valence-electron chi connectivity index (χ0n) is 11.9. The smallest absolute Gasteiger partial charge is 0.262 e. The fourth-order valence-corrected chi connectivity index (χ4v) is 2.26. The van der Waals surface area contributed by atoms with Crippen molar-refractivity contribution in [3.05, 3.63) is 76.2 Å². The van der Waals surface area contributed by atoms with Gasteiger partial charge in [-0.15, -0.1) is 0 Å². The van der Waals surface area contributed by atoms with Gasteiger partial charge in [0, 0.05) is 18.1 Å². The van der Waals surface area contributed by atoms with E-state index in [0.29, 0.717) is 12.2 Å². The van der Waals surface area contributed by atoms with E-state index in [2.05, 4.69) is 15.3 Å². The standard InChI is InChI=1S/C17H15N3O2/c21-16(19-10-8-12-5-2-1-3-6-12)14-11-13-7-4-9-18-15(13)20-17(14)22/h1-7,9,11H,8,10H2,(H,19,21)(H,18,20,22). The molecule has 0 saturated heterocycles. The maximum Gasteiger partial charge on any atom is 0.262 e. The number of rotatable bonds is 4. The third kappa shape index (κ3) is 3.03. The number of hydrogen-bond acceptors (Lipinski definition) is 3. The minimum absolute atomic E-state index is 0.105. The minimum Gasteiger partial charge on any atom is -0.352 e. The second-order valence-corrected chi connectivity index (χ2v) is 4.94. The predicted octanol–water partition coefficient (Wildman–Crippen LogP) is 1.90. The number of hydrogen-bond donors (Lipinski definition) is 2. The number of benzene rings is 1. The monoisotopic (exact) mass is 293 g/mol. The fraction of sp³-hybridized carbons (Fsp3) is 0.118. The summed E-state index contributed by atoms with van der Waals surface area (Å²) in [4.78, 5) is 30.8. The molecule has 110 valence electrons. The van der Waals surface area contributed by atoms with Crippen LogP contribution in [0.2, 0.25) is 0 Å². The normalized spacial score (nSPS) is 10.5. The molecule has 0 unspecified atom stereocenters. The number of nitrogens with zero attached hydrogens (tertiary/aromatic N) is 1. The van der Waals surface area contributed by atoms with Gasteiger partial charge in [0.1, 0.15) is 11.2 Å². The quantitative estimate of drug-likeness (QED) is 0.771. The first-order valence-electron chi connectivity index (χ1n) is 7.04. The van der Waals surface area contributed by atoms with Gasteiger partial charge in [-0.25, -0.2) is 4.98 Å². The number of H-pyrrole nitrogens is 1. The van der Waals surface area contributed by atoms with Crippen molar-refractivity contribution in [3.63, 3.8) is 0 Å². The van der Waals surface area contributed by atoms with Crippen molar-refractivity contribution in [3.8, 4) is 0 Å². The lowest BCUT2D eigenvalue weighted by Gasteiger charge is -2.06. The van der Waals surface area contributed by atoms with E-state index in [4.69, 9.17) is 0 Å². The first kappa shape index (κ1) is 14.0. The van der Waals surface area contributed by atoms with Gasteiger partial charge in [0.25, 0.3) is 11.5 Å². The zero-order valence-corrected chi connectivity index (χ0v) is 11.9. The first-order valence-corrected chi connectivity index (χ1v) is 7.04. The molecule has 2 N–H and O–H groups in total. The van der Waals surface area contributed by atoms with Crippen LogP contribution >= 0.6 is 0 Å². The third-order valence-electron chi connectivity index (χ3n) is 3.40. The van der Waals surface area contributed by atoms with Gasteiger partial charge in [-0.3, -0.25) is 9.59 Å². The molecule has 0 aliphatic rings. The Hall–Kier alpha value is -2.95. The van der Waals surface area contributed by atoms with Crippen molar-refractivity contribution in [1.82, 2.24) is 15.3 Å². The summed E-state index contributed by atoms with van der Waals surface area (Å²) >= 11 is 0. The van der Waals surface area contributed by atoms with Crippen molar-refractivity contribution >= 4 is 16.9 Å². The highest BCUT2D eigenvalue weighted by atomic mass is 16.2. The van der Waals surface area contributed by atoms with E-state index in [1.54, 1.807) is 24.4 Å². The average Bonchev–Trinajstić information content (AvgIpc) is 2.55. The average molecular weight is 293 g/mol. The number of nitrogens with one attached hydrogen (secondary N) is 2. The van der Waals surface area contributed by atoms with Crippen LogP contribution in [0.5, 0.6) is 0 Å². The Labute approximate surface area is 127 Å². The molecule has 0 aliphatic heterocycles. The zero-order chi connectivity index (χ0) is 15.4. The van der Waals surface area contributed by atoms with Crippen LogP contribution in [-0.4, -0.2) is 22.4 Å². The number of carbonyl (C=O) groups is 1. The van der Waals surface area contributed by atoms with Gasteiger partial charge in [0.15, 0.2) is 0 Å². The van der Waals surface area contributed by atoms with Crippen LogP contribution in [0.25, 0.3) is 11.0 Å². The Morgan fingerprint density at radius 1 is 1.14 bits per heavy atom. The third-order valence-corrected chi connectivity index (χ3v) is 3.40. The lowest BCUT2D eigenvalue weighted by atomic mass is 10.1. The number of fused-ring (bicyclic) bond motifs is 1. The maximum atomic E-state index is 12.1. The van der Waals surface area contributed by atoms with Crippen LogP contribution < -0.4 is 10.9 Å². The molecular weight excluding hydrogens is 278 g/mol. The van der Waals surface area contributed by atoms with Crippen molar-refractivity contribution in [1.29, 1.82) is 0 Å². The maximum absolute atomic E-state index is 12.1. The molecule has 22 heavy (non-hydrogen) atoms. The fourth-order valence-electron chi connectivity index (χ4n) is 2.26. The van der Waals surface area contributed by atoms with Crippen LogP contribution in [-0.2, 0) is 6.42 Å². The van der Waals surface area contributed by atoms with Crippen molar-refractivity contribution in [2.24, 2.45) is 0 Å². The highest BCUT2D eigenvalue weighted by Gasteiger charge is 2.11. The summed E-state index contributed by atoms with van der Waals surface area (Å²) < 4.78 is 0. The molecule has 5 heteroatoms. The Morgan fingerprint density at radius 2 is 1.95 bits per heavy atom. The summed E-state index contributed by atoms with van der Waals surface area (Å²) in [7, 11) is 0. The molecule has 0 saturated carbocycles. The Balaban J connectivity index is 1.72. The lowest BCUT2D eigenvalue weighted by molar-refractivity contribution is 0.0953. The second kappa shape index (κ2) is 6.22. The van der Waals surface area contributed by atoms with Crippen LogP contribution in [0, 0.1) is 0 Å². The van der Waals surface area contributed by atoms with Gasteiger partial charge in [0.05, 0.1) is 0 Å². The number of carbonyl (C=O) groups excluding carboxylic acids is 1. The van der Waals surface area contributed by atoms with E-state index >= 15 is 0 Å². The predicted molar refractivity (Wildman–Crippen MR) is 84.8 cm³/mol. The van der Waals surface area contributed by atoms with Crippen LogP contribution in [0.3, 0.4) is 0 Å². The van der Waals surface area contributed by atoms with Gasteiger partial charge in [-0.2, -0.15) is 0 Å². The summed E-state index contributed by atoms with van der Waals surface area (Å²) in [6, 6.07) is 15.0. The molecule has 3 aromatic rings. The second-order valence-electron chi connectivity index (χ2n) is 4.94. The first-order chi connectivity index (χ1) is 10.7. The van der Waals surface area contributed by atoms with Gasteiger partial charge >= 0.3 is 0 Å². The topological polar surface area (TPSA) is 74.8 Å². The molecule has 0 aliphatic carbocycles. The van der Waals surface area contributed by atoms with E-state index in [9.17, 15) is 9.59 Å². The molecule has 2 heterocycles. The summed E-state index contributed by atoms with van der Waals surface area (Å²) in [6.07, 6.45) is 2.32. The minimum atomic E-state index is -0.427. The van der Waals surface area contributed by atoms with Gasteiger partial charge in [-0.05, 0) is 30.2 Å². The number of aromatic nitrogens is 2. The molecule has 5 nitrogen and oxygen atoms in total. The highest BCUT2D eigenvalue weighted by Crippen LogP contribution is 2.07. The summed E-state index contributed by atoms with van der Waals surface area (Å²) in [6.45, 7) is 0.480. The number of amides is 1. The van der Waals surface area contributed by atoms with Gasteiger partial charge in [-0.1, -0.05) is 30.3 Å². The van der Waals surface area contributed by atoms with E-state index in [1.165, 1.54) is 0 Å². The molecular formula is C17H15N3O2. The number of pyridine rings is 2. The van der Waals surface area contributed by atoms with Gasteiger partial charge in [0.2, 0.25) is 0 Å². The summed E-state index contributed by atoms with van der Waals surface area (Å²) in [5.41, 5.74) is 1.30. The molecule has 2 aromatic heterocycles. The molecule has 1 aromatic carbocycles. The van der Waals surface area contributed by atoms with Crippen LogP contribution in [0.1, 0.15) is 15.9 Å². The molecule has 0 radical (unpaired) electrons. The Morgan fingerprint density at radius 3 is 2.77 bits per heavy atom. The SMILES string of the molecule is O=C(NCCc1ccccc1)c1cc2cccnc2[nH]c1=O. The highest BCUT2D eigenvalue weighted by molar-refractivity contribution is 5.96. The van der Waals surface area contributed by atoms with Crippen molar-refractivity contribution < 1.29 is 4.79 Å². The van der Waals surface area contributed by atoms with Crippen LogP contribution in [0.15, 0.2) is 59.5 Å². The molecule has 0 bridgehead atoms. The molecule has 0 spiro atoms. The lowest BCUT2D eigenvalue weighted by Crippen LogP contribution is -2.31. The van der Waals surface area contributed by atoms with Gasteiger partial charge < -0.3 is 10.3 Å². The van der Waals surface area contributed by atoms with E-state index in [0.717, 1.165) is 17.4 Å². The number of aromatic amines is 1. The molecule has 3 rings (SSSR count). The largest absolute Gasteiger partial charge is 0.352 e. The molecule has 1 amide bonds. The van der Waals surface area contributed by atoms with Crippen LogP contribution in [0.4, 0.5) is 0 Å². The molecule has 0 atom stereocenters. The summed E-state index contributed by atoms with van der Waals surface area (Å²) in [5.74, 6) is -0.372. The van der Waals surface area contributed by atoms with E-state index in [1.807, 2.05) is 30.3 Å². The molecule has 0 fully saturated rings. The van der Waals surface area contributed by atoms with Crippen molar-refractivity contribution in [2.75, 3.05) is 6.54 Å². The van der Waals surface area contributed by atoms with Crippen molar-refractivity contribution in [2.45, 2.75) is 6.42 Å². The summed E-state index contributed by atoms with van der Waals surface area (Å²) in [5, 5.41) is 3.51. The van der Waals surface area contributed by atoms with E-state index < -0.39 is 5.56 Å². The van der Waals surface area contributed by atoms with E-state index in [-0.39, 0.29) is 11.5 Å². The Kier molecular flexibility index (Phi) is 3.96. The Bertz CT molecular complexity index is 856.